The van der Waals surface area contributed by atoms with Gasteiger partial charge in [0.05, 0.1) is 11.3 Å². The van der Waals surface area contributed by atoms with Crippen LogP contribution >= 0.6 is 0 Å². The predicted molar refractivity (Wildman–Crippen MR) is 114 cm³/mol. The van der Waals surface area contributed by atoms with Crippen molar-refractivity contribution in [3.63, 3.8) is 0 Å². The van der Waals surface area contributed by atoms with Crippen LogP contribution in [0.1, 0.15) is 10.4 Å². The number of carbonyl (C=O) groups is 1. The lowest BCUT2D eigenvalue weighted by molar-refractivity contribution is 0.0964. The Kier molecular flexibility index (Phi) is 6.12. The van der Waals surface area contributed by atoms with E-state index in [1.165, 1.54) is 31.3 Å². The molecule has 0 aliphatic carbocycles. The number of halogens is 1. The SMILES string of the molecule is C=CCOc1cc2c(C(=O)NC)c(-c3ccc(F)cc3)oc2cc1NCS(C)(=O)=O. The summed E-state index contributed by atoms with van der Waals surface area (Å²) in [7, 11) is -1.80. The highest BCUT2D eigenvalue weighted by Crippen LogP contribution is 2.39. The van der Waals surface area contributed by atoms with Crippen molar-refractivity contribution in [2.45, 2.75) is 0 Å². The Morgan fingerprint density at radius 1 is 1.27 bits per heavy atom. The van der Waals surface area contributed by atoms with Gasteiger partial charge in [-0.2, -0.15) is 0 Å². The summed E-state index contributed by atoms with van der Waals surface area (Å²) in [6, 6.07) is 8.74. The van der Waals surface area contributed by atoms with E-state index in [9.17, 15) is 17.6 Å². The van der Waals surface area contributed by atoms with Crippen molar-refractivity contribution in [2.24, 2.45) is 0 Å². The smallest absolute Gasteiger partial charge is 0.255 e. The average Bonchev–Trinajstić information content (AvgIpc) is 3.07. The summed E-state index contributed by atoms with van der Waals surface area (Å²) in [6.07, 6.45) is 2.65. The summed E-state index contributed by atoms with van der Waals surface area (Å²) < 4.78 is 48.1. The van der Waals surface area contributed by atoms with Crippen LogP contribution in [-0.2, 0) is 9.84 Å². The maximum Gasteiger partial charge on any atom is 0.255 e. The summed E-state index contributed by atoms with van der Waals surface area (Å²) in [5, 5.41) is 5.86. The van der Waals surface area contributed by atoms with Crippen LogP contribution in [0.5, 0.6) is 5.75 Å². The fourth-order valence-corrected chi connectivity index (χ4v) is 3.31. The van der Waals surface area contributed by atoms with Gasteiger partial charge in [0.25, 0.3) is 5.91 Å². The second-order valence-corrected chi connectivity index (χ2v) is 8.72. The normalized spacial score (nSPS) is 11.3. The molecule has 30 heavy (non-hydrogen) atoms. The molecule has 0 spiro atoms. The summed E-state index contributed by atoms with van der Waals surface area (Å²) in [5.41, 5.74) is 1.51. The van der Waals surface area contributed by atoms with Crippen molar-refractivity contribution in [2.75, 3.05) is 31.1 Å². The van der Waals surface area contributed by atoms with E-state index in [0.29, 0.717) is 28.0 Å². The number of hydrogen-bond acceptors (Lipinski definition) is 6. The Balaban J connectivity index is 2.21. The van der Waals surface area contributed by atoms with Crippen molar-refractivity contribution in [3.05, 3.63) is 60.4 Å². The Morgan fingerprint density at radius 3 is 2.57 bits per heavy atom. The molecule has 2 N–H and O–H groups in total. The van der Waals surface area contributed by atoms with Crippen molar-refractivity contribution in [1.29, 1.82) is 0 Å². The minimum atomic E-state index is -3.30. The zero-order valence-corrected chi connectivity index (χ0v) is 17.3. The van der Waals surface area contributed by atoms with Crippen molar-refractivity contribution >= 4 is 32.4 Å². The van der Waals surface area contributed by atoms with Gasteiger partial charge in [-0.15, -0.1) is 0 Å². The molecule has 0 aliphatic heterocycles. The molecule has 0 atom stereocenters. The van der Waals surface area contributed by atoms with E-state index in [1.807, 2.05) is 0 Å². The molecule has 9 heteroatoms. The van der Waals surface area contributed by atoms with E-state index in [-0.39, 0.29) is 29.7 Å². The fourth-order valence-electron chi connectivity index (χ4n) is 2.89. The molecule has 0 fully saturated rings. The number of carbonyl (C=O) groups excluding carboxylic acids is 1. The van der Waals surface area contributed by atoms with Crippen LogP contribution in [0.3, 0.4) is 0 Å². The molecule has 3 rings (SSSR count). The maximum absolute atomic E-state index is 13.3. The van der Waals surface area contributed by atoms with Crippen LogP contribution in [0, 0.1) is 5.82 Å². The van der Waals surface area contributed by atoms with E-state index >= 15 is 0 Å². The number of fused-ring (bicyclic) bond motifs is 1. The molecule has 0 aliphatic rings. The van der Waals surface area contributed by atoms with Crippen molar-refractivity contribution in [3.8, 4) is 17.1 Å². The van der Waals surface area contributed by atoms with Crippen LogP contribution in [0.4, 0.5) is 10.1 Å². The molecule has 1 amide bonds. The van der Waals surface area contributed by atoms with Crippen LogP contribution in [-0.4, -0.2) is 40.1 Å². The molecule has 1 aromatic heterocycles. The highest BCUT2D eigenvalue weighted by molar-refractivity contribution is 7.90. The zero-order chi connectivity index (χ0) is 21.9. The number of hydrogen-bond donors (Lipinski definition) is 2. The van der Waals surface area contributed by atoms with E-state index in [0.717, 1.165) is 6.26 Å². The minimum absolute atomic E-state index is 0.178. The average molecular weight is 432 g/mol. The first-order chi connectivity index (χ1) is 14.2. The topological polar surface area (TPSA) is 97.6 Å². The second kappa shape index (κ2) is 8.58. The van der Waals surface area contributed by atoms with Gasteiger partial charge in [0.1, 0.15) is 35.4 Å². The van der Waals surface area contributed by atoms with Gasteiger partial charge in [-0.1, -0.05) is 12.7 Å². The van der Waals surface area contributed by atoms with Crippen molar-refractivity contribution < 1.29 is 26.8 Å². The van der Waals surface area contributed by atoms with Crippen LogP contribution in [0.2, 0.25) is 0 Å². The summed E-state index contributed by atoms with van der Waals surface area (Å²) >= 11 is 0. The number of anilines is 1. The van der Waals surface area contributed by atoms with Gasteiger partial charge >= 0.3 is 0 Å². The lowest BCUT2D eigenvalue weighted by Crippen LogP contribution is -2.18. The fraction of sp³-hybridized carbons (Fsp3) is 0.190. The Hall–Kier alpha value is -3.33. The van der Waals surface area contributed by atoms with Gasteiger partial charge in [0.15, 0.2) is 9.84 Å². The van der Waals surface area contributed by atoms with Gasteiger partial charge < -0.3 is 19.8 Å². The molecule has 0 bridgehead atoms. The number of ether oxygens (including phenoxy) is 1. The summed E-state index contributed by atoms with van der Waals surface area (Å²) in [6.45, 7) is 3.79. The monoisotopic (exact) mass is 432 g/mol. The molecular weight excluding hydrogens is 411 g/mol. The Morgan fingerprint density at radius 2 is 1.97 bits per heavy atom. The van der Waals surface area contributed by atoms with Crippen molar-refractivity contribution in [1.82, 2.24) is 5.32 Å². The first-order valence-electron chi connectivity index (χ1n) is 8.97. The molecular formula is C21H21FN2O5S. The molecule has 1 heterocycles. The van der Waals surface area contributed by atoms with Gasteiger partial charge in [0, 0.05) is 30.3 Å². The van der Waals surface area contributed by atoms with E-state index in [2.05, 4.69) is 17.2 Å². The van der Waals surface area contributed by atoms with Gasteiger partial charge in [-0.25, -0.2) is 12.8 Å². The highest BCUT2D eigenvalue weighted by atomic mass is 32.2. The summed E-state index contributed by atoms with van der Waals surface area (Å²) in [4.78, 5) is 12.6. The molecule has 7 nitrogen and oxygen atoms in total. The van der Waals surface area contributed by atoms with Crippen LogP contribution < -0.4 is 15.4 Å². The molecule has 3 aromatic rings. The standard InChI is InChI=1S/C21H21FN2O5S/c1-4-9-28-18-10-15-17(11-16(18)24-12-30(3,26)27)29-20(19(15)21(25)23-2)13-5-7-14(22)8-6-13/h4-8,10-11,24H,1,9,12H2,2-3H3,(H,23,25). The second-order valence-electron chi connectivity index (χ2n) is 6.58. The Bertz CT molecular complexity index is 1200. The van der Waals surface area contributed by atoms with Gasteiger partial charge in [-0.05, 0) is 30.3 Å². The number of benzene rings is 2. The molecule has 158 valence electrons. The van der Waals surface area contributed by atoms with Crippen LogP contribution in [0.15, 0.2) is 53.5 Å². The number of sulfone groups is 1. The number of furan rings is 1. The molecule has 0 radical (unpaired) electrons. The number of nitrogens with one attached hydrogen (secondary N) is 2. The lowest BCUT2D eigenvalue weighted by atomic mass is 10.0. The predicted octanol–water partition coefficient (Wildman–Crippen LogP) is 3.58. The third-order valence-corrected chi connectivity index (χ3v) is 4.90. The van der Waals surface area contributed by atoms with E-state index in [4.69, 9.17) is 9.15 Å². The van der Waals surface area contributed by atoms with E-state index < -0.39 is 15.7 Å². The molecule has 0 saturated heterocycles. The third-order valence-electron chi connectivity index (χ3n) is 4.23. The quantitative estimate of drug-likeness (QED) is 0.528. The zero-order valence-electron chi connectivity index (χ0n) is 16.5. The maximum atomic E-state index is 13.3. The van der Waals surface area contributed by atoms with Crippen LogP contribution in [0.25, 0.3) is 22.3 Å². The summed E-state index contributed by atoms with van der Waals surface area (Å²) in [5.74, 6) is -0.512. The number of amides is 1. The highest BCUT2D eigenvalue weighted by Gasteiger charge is 2.23. The first-order valence-corrected chi connectivity index (χ1v) is 11.0. The largest absolute Gasteiger partial charge is 0.487 e. The lowest BCUT2D eigenvalue weighted by Gasteiger charge is -2.12. The molecule has 0 saturated carbocycles. The minimum Gasteiger partial charge on any atom is -0.487 e. The molecule has 2 aromatic carbocycles. The number of rotatable bonds is 8. The third kappa shape index (κ3) is 4.62. The first kappa shape index (κ1) is 21.4. The van der Waals surface area contributed by atoms with Gasteiger partial charge in [-0.3, -0.25) is 4.79 Å². The Labute approximate surface area is 173 Å². The van der Waals surface area contributed by atoms with E-state index in [1.54, 1.807) is 18.2 Å². The van der Waals surface area contributed by atoms with Gasteiger partial charge in [0.2, 0.25) is 0 Å². The molecule has 0 unspecified atom stereocenters.